The Morgan fingerprint density at radius 2 is 1.36 bits per heavy atom. The fourth-order valence-corrected chi connectivity index (χ4v) is 6.67. The minimum atomic E-state index is -0.954. The molecular weight excluding hydrogens is 438 g/mol. The summed E-state index contributed by atoms with van der Waals surface area (Å²) >= 11 is 6.07. The first-order valence-corrected chi connectivity index (χ1v) is 11.3. The second-order valence-corrected chi connectivity index (χ2v) is 9.25. The molecule has 0 unspecified atom stereocenters. The molecule has 5 nitrogen and oxygen atoms in total. The van der Waals surface area contributed by atoms with Crippen molar-refractivity contribution in [2.75, 3.05) is 19.1 Å². The number of anilines is 1. The van der Waals surface area contributed by atoms with E-state index in [0.29, 0.717) is 10.7 Å². The number of rotatable bonds is 4. The van der Waals surface area contributed by atoms with E-state index in [4.69, 9.17) is 21.1 Å². The molecule has 0 saturated carbocycles. The van der Waals surface area contributed by atoms with Gasteiger partial charge in [0.2, 0.25) is 11.8 Å². The molecule has 2 amide bonds. The van der Waals surface area contributed by atoms with E-state index in [0.717, 1.165) is 22.3 Å². The van der Waals surface area contributed by atoms with Gasteiger partial charge in [-0.05, 0) is 46.5 Å². The van der Waals surface area contributed by atoms with Crippen LogP contribution < -0.4 is 4.90 Å². The molecule has 1 fully saturated rings. The summed E-state index contributed by atoms with van der Waals surface area (Å²) < 4.78 is 11.8. The molecule has 0 aromatic heterocycles. The zero-order chi connectivity index (χ0) is 22.9. The van der Waals surface area contributed by atoms with Crippen molar-refractivity contribution < 1.29 is 19.1 Å². The lowest BCUT2D eigenvalue weighted by molar-refractivity contribution is -0.168. The molecule has 1 aliphatic heterocycles. The van der Waals surface area contributed by atoms with Crippen molar-refractivity contribution in [3.8, 4) is 0 Å². The largest absolute Gasteiger partial charge is 0.355 e. The number of benzene rings is 3. The highest BCUT2D eigenvalue weighted by atomic mass is 35.5. The van der Waals surface area contributed by atoms with Gasteiger partial charge in [-0.3, -0.25) is 9.59 Å². The van der Waals surface area contributed by atoms with Gasteiger partial charge in [0.1, 0.15) is 0 Å². The maximum Gasteiger partial charge on any atom is 0.239 e. The molecular formula is C27H22ClNO4. The standard InChI is InChI=1S/C27H22ClNO4/c1-32-26(33-2)27-19-9-5-3-7-17(19)21(18-8-4-6-10-20(18)27)22-23(27)25(31)29(24(22)30)16-13-11-15(28)12-14-16/h3-14,21-23,26H,1-2H3/t21?,22-,23+,27?/m1/s1. The van der Waals surface area contributed by atoms with Crippen molar-refractivity contribution >= 4 is 29.1 Å². The highest BCUT2D eigenvalue weighted by Gasteiger charge is 2.71. The highest BCUT2D eigenvalue weighted by molar-refractivity contribution is 6.31. The summed E-state index contributed by atoms with van der Waals surface area (Å²) in [6.07, 6.45) is -0.754. The third-order valence-electron chi connectivity index (χ3n) is 7.57. The summed E-state index contributed by atoms with van der Waals surface area (Å²) in [6.45, 7) is 0. The fraction of sp³-hybridized carbons (Fsp3) is 0.259. The first-order chi connectivity index (χ1) is 16.1. The average molecular weight is 460 g/mol. The van der Waals surface area contributed by atoms with Crippen LogP contribution in [0.25, 0.3) is 0 Å². The Labute approximate surface area is 196 Å². The SMILES string of the molecule is COC(OC)C12c3ccccc3C(c3ccccc31)[C@H]1C(=O)N(c3ccc(Cl)cc3)C(=O)[C@H]12. The number of hydrogen-bond acceptors (Lipinski definition) is 4. The predicted octanol–water partition coefficient (Wildman–Crippen LogP) is 4.51. The van der Waals surface area contributed by atoms with Gasteiger partial charge in [0.15, 0.2) is 6.29 Å². The quantitative estimate of drug-likeness (QED) is 0.425. The lowest BCUT2D eigenvalue weighted by Crippen LogP contribution is -2.60. The molecule has 0 N–H and O–H groups in total. The van der Waals surface area contributed by atoms with Crippen LogP contribution in [0.3, 0.4) is 0 Å². The molecule has 0 radical (unpaired) electrons. The minimum Gasteiger partial charge on any atom is -0.355 e. The topological polar surface area (TPSA) is 55.8 Å². The molecule has 166 valence electrons. The van der Waals surface area contributed by atoms with Gasteiger partial charge in [-0.1, -0.05) is 60.1 Å². The van der Waals surface area contributed by atoms with E-state index in [1.807, 2.05) is 36.4 Å². The second kappa shape index (κ2) is 7.26. The molecule has 2 bridgehead atoms. The van der Waals surface area contributed by atoms with Crippen LogP contribution in [0.2, 0.25) is 5.02 Å². The summed E-state index contributed by atoms with van der Waals surface area (Å²) in [5.74, 6) is -1.85. The molecule has 3 aromatic rings. The van der Waals surface area contributed by atoms with Crippen LogP contribution in [-0.4, -0.2) is 32.3 Å². The van der Waals surface area contributed by atoms with E-state index in [1.54, 1.807) is 38.5 Å². The zero-order valence-electron chi connectivity index (χ0n) is 18.2. The summed E-state index contributed by atoms with van der Waals surface area (Å²) in [4.78, 5) is 29.5. The normalized spacial score (nSPS) is 27.0. The molecule has 6 heteroatoms. The number of ether oxygens (including phenoxy) is 2. The van der Waals surface area contributed by atoms with Gasteiger partial charge in [0.05, 0.1) is 22.9 Å². The van der Waals surface area contributed by atoms with Gasteiger partial charge in [0, 0.05) is 25.2 Å². The van der Waals surface area contributed by atoms with E-state index < -0.39 is 23.5 Å². The Morgan fingerprint density at radius 3 is 1.91 bits per heavy atom. The second-order valence-electron chi connectivity index (χ2n) is 8.82. The van der Waals surface area contributed by atoms with Gasteiger partial charge in [-0.25, -0.2) is 4.90 Å². The first-order valence-electron chi connectivity index (χ1n) is 10.9. The van der Waals surface area contributed by atoms with Crippen LogP contribution >= 0.6 is 11.6 Å². The smallest absolute Gasteiger partial charge is 0.239 e. The third kappa shape index (κ3) is 2.45. The summed E-state index contributed by atoms with van der Waals surface area (Å²) in [6, 6.07) is 22.9. The van der Waals surface area contributed by atoms with Crippen molar-refractivity contribution in [2.45, 2.75) is 17.6 Å². The fourth-order valence-electron chi connectivity index (χ4n) is 6.54. The minimum absolute atomic E-state index is 0.198. The van der Waals surface area contributed by atoms with E-state index >= 15 is 0 Å². The number of carbonyl (C=O) groups excluding carboxylic acids is 2. The van der Waals surface area contributed by atoms with Crippen LogP contribution in [0.15, 0.2) is 72.8 Å². The van der Waals surface area contributed by atoms with Crippen molar-refractivity contribution in [2.24, 2.45) is 11.8 Å². The molecule has 2 atom stereocenters. The van der Waals surface area contributed by atoms with Crippen LogP contribution in [0.1, 0.15) is 28.2 Å². The molecule has 3 aromatic carbocycles. The van der Waals surface area contributed by atoms with Crippen LogP contribution in [-0.2, 0) is 24.5 Å². The van der Waals surface area contributed by atoms with Crippen LogP contribution in [0.4, 0.5) is 5.69 Å². The van der Waals surface area contributed by atoms with Gasteiger partial charge < -0.3 is 9.47 Å². The summed E-state index contributed by atoms with van der Waals surface area (Å²) in [5.41, 5.74) is 3.65. The van der Waals surface area contributed by atoms with E-state index in [9.17, 15) is 9.59 Å². The Morgan fingerprint density at radius 1 is 0.818 bits per heavy atom. The maximum atomic E-state index is 14.1. The van der Waals surface area contributed by atoms with Crippen molar-refractivity contribution in [3.05, 3.63) is 100 Å². The highest BCUT2D eigenvalue weighted by Crippen LogP contribution is 2.65. The van der Waals surface area contributed by atoms with E-state index in [2.05, 4.69) is 12.1 Å². The predicted molar refractivity (Wildman–Crippen MR) is 124 cm³/mol. The van der Waals surface area contributed by atoms with Crippen molar-refractivity contribution in [1.82, 2.24) is 0 Å². The Bertz CT molecular complexity index is 1240. The molecule has 1 saturated heterocycles. The van der Waals surface area contributed by atoms with Crippen molar-refractivity contribution in [3.63, 3.8) is 0 Å². The number of amides is 2. The molecule has 4 aliphatic rings. The number of halogens is 1. The monoisotopic (exact) mass is 459 g/mol. The molecule has 33 heavy (non-hydrogen) atoms. The average Bonchev–Trinajstić information content (AvgIpc) is 3.12. The van der Waals surface area contributed by atoms with Gasteiger partial charge >= 0.3 is 0 Å². The molecule has 0 spiro atoms. The number of imide groups is 1. The number of carbonyl (C=O) groups is 2. The van der Waals surface area contributed by atoms with Crippen molar-refractivity contribution in [1.29, 1.82) is 0 Å². The number of methoxy groups -OCH3 is 2. The molecule has 3 aliphatic carbocycles. The lowest BCUT2D eigenvalue weighted by Gasteiger charge is -2.56. The molecule has 1 heterocycles. The van der Waals surface area contributed by atoms with Gasteiger partial charge in [-0.2, -0.15) is 0 Å². The summed E-state index contributed by atoms with van der Waals surface area (Å²) in [7, 11) is 3.17. The Kier molecular flexibility index (Phi) is 4.53. The van der Waals surface area contributed by atoms with Gasteiger partial charge in [0.25, 0.3) is 0 Å². The van der Waals surface area contributed by atoms with Crippen LogP contribution in [0.5, 0.6) is 0 Å². The zero-order valence-corrected chi connectivity index (χ0v) is 19.0. The maximum absolute atomic E-state index is 14.1. The number of hydrogen-bond donors (Lipinski definition) is 0. The van der Waals surface area contributed by atoms with E-state index in [1.165, 1.54) is 4.90 Å². The summed E-state index contributed by atoms with van der Waals surface area (Å²) in [5, 5.41) is 0.547. The van der Waals surface area contributed by atoms with Crippen LogP contribution in [0, 0.1) is 11.8 Å². The molecule has 7 rings (SSSR count). The van der Waals surface area contributed by atoms with Gasteiger partial charge in [-0.15, -0.1) is 0 Å². The first kappa shape index (κ1) is 20.6. The number of nitrogens with zero attached hydrogens (tertiary/aromatic N) is 1. The Hall–Kier alpha value is -2.99. The lowest BCUT2D eigenvalue weighted by atomic mass is 9.47. The van der Waals surface area contributed by atoms with E-state index in [-0.39, 0.29) is 17.7 Å². The Balaban J connectivity index is 1.67. The third-order valence-corrected chi connectivity index (χ3v) is 7.82.